The number of likely N-dealkylation sites (tertiary alicyclic amines) is 1. The van der Waals surface area contributed by atoms with Gasteiger partial charge in [0.2, 0.25) is 5.91 Å². The molecule has 1 saturated heterocycles. The van der Waals surface area contributed by atoms with E-state index >= 15 is 0 Å². The van der Waals surface area contributed by atoms with Crippen molar-refractivity contribution in [2.75, 3.05) is 13.1 Å². The first kappa shape index (κ1) is 20.9. The van der Waals surface area contributed by atoms with Gasteiger partial charge in [0.1, 0.15) is 5.56 Å². The molecular weight excluding hydrogens is 390 g/mol. The number of hydrogen-bond acceptors (Lipinski definition) is 3. The molecule has 0 radical (unpaired) electrons. The van der Waals surface area contributed by atoms with Crippen molar-refractivity contribution >= 4 is 11.8 Å². The standard InChI is InChI=1S/C24H29N5O2/c1-17(2)25-22(30)19-11-15-28(16-12-19)24(31)21-18(3)26-29(20-9-5-4-6-10-20)23(21)27-13-7-8-14-27/h4-10,13-14,17,19H,11-12,15-16H2,1-3H3,(H,25,30). The second kappa shape index (κ2) is 8.79. The van der Waals surface area contributed by atoms with Crippen LogP contribution in [-0.4, -0.2) is 50.2 Å². The summed E-state index contributed by atoms with van der Waals surface area (Å²) in [6.07, 6.45) is 5.20. The molecule has 4 rings (SSSR count). The lowest BCUT2D eigenvalue weighted by Gasteiger charge is -2.32. The molecule has 0 unspecified atom stereocenters. The van der Waals surface area contributed by atoms with Gasteiger partial charge in [-0.1, -0.05) is 18.2 Å². The first-order chi connectivity index (χ1) is 15.0. The second-order valence-electron chi connectivity index (χ2n) is 8.35. The van der Waals surface area contributed by atoms with E-state index in [1.165, 1.54) is 0 Å². The number of amides is 2. The summed E-state index contributed by atoms with van der Waals surface area (Å²) in [7, 11) is 0. The van der Waals surface area contributed by atoms with E-state index in [0.29, 0.717) is 37.2 Å². The van der Waals surface area contributed by atoms with Gasteiger partial charge in [-0.15, -0.1) is 0 Å². The fourth-order valence-electron chi connectivity index (χ4n) is 4.13. The maximum absolute atomic E-state index is 13.6. The molecule has 0 saturated carbocycles. The van der Waals surface area contributed by atoms with Crippen molar-refractivity contribution in [2.24, 2.45) is 5.92 Å². The minimum atomic E-state index is -0.0384. The molecule has 162 valence electrons. The third-order valence-electron chi connectivity index (χ3n) is 5.68. The third-order valence-corrected chi connectivity index (χ3v) is 5.68. The molecule has 2 aromatic heterocycles. The molecule has 1 aromatic carbocycles. The van der Waals surface area contributed by atoms with E-state index in [1.54, 1.807) is 0 Å². The number of rotatable bonds is 5. The first-order valence-corrected chi connectivity index (χ1v) is 10.8. The van der Waals surface area contributed by atoms with Crippen LogP contribution in [0, 0.1) is 12.8 Å². The molecule has 0 atom stereocenters. The summed E-state index contributed by atoms with van der Waals surface area (Å²) in [4.78, 5) is 27.8. The molecule has 1 fully saturated rings. The van der Waals surface area contributed by atoms with Crippen LogP contribution in [0.2, 0.25) is 0 Å². The van der Waals surface area contributed by atoms with Crippen LogP contribution >= 0.6 is 0 Å². The highest BCUT2D eigenvalue weighted by molar-refractivity contribution is 5.99. The van der Waals surface area contributed by atoms with Gasteiger partial charge in [-0.2, -0.15) is 5.10 Å². The van der Waals surface area contributed by atoms with Crippen LogP contribution in [0.25, 0.3) is 11.5 Å². The van der Waals surface area contributed by atoms with Crippen LogP contribution in [0.4, 0.5) is 0 Å². The van der Waals surface area contributed by atoms with Gasteiger partial charge in [-0.25, -0.2) is 4.68 Å². The van der Waals surface area contributed by atoms with Gasteiger partial charge in [0.25, 0.3) is 5.91 Å². The number of para-hydroxylation sites is 1. The van der Waals surface area contributed by atoms with Gasteiger partial charge in [-0.05, 0) is 57.9 Å². The van der Waals surface area contributed by atoms with Crippen molar-refractivity contribution in [3.63, 3.8) is 0 Å². The van der Waals surface area contributed by atoms with Crippen LogP contribution in [-0.2, 0) is 4.79 Å². The Labute approximate surface area is 182 Å². The summed E-state index contributed by atoms with van der Waals surface area (Å²) in [6, 6.07) is 13.8. The van der Waals surface area contributed by atoms with E-state index in [9.17, 15) is 9.59 Å². The molecule has 0 spiro atoms. The molecule has 0 aliphatic carbocycles. The maximum atomic E-state index is 13.6. The van der Waals surface area contributed by atoms with Gasteiger partial charge >= 0.3 is 0 Å². The van der Waals surface area contributed by atoms with Crippen molar-refractivity contribution in [1.29, 1.82) is 0 Å². The Morgan fingerprint density at radius 1 is 1.03 bits per heavy atom. The highest BCUT2D eigenvalue weighted by atomic mass is 16.2. The molecule has 3 aromatic rings. The molecule has 2 amide bonds. The predicted molar refractivity (Wildman–Crippen MR) is 120 cm³/mol. The van der Waals surface area contributed by atoms with Crippen molar-refractivity contribution < 1.29 is 9.59 Å². The predicted octanol–water partition coefficient (Wildman–Crippen LogP) is 3.35. The van der Waals surface area contributed by atoms with Crippen LogP contribution in [0.3, 0.4) is 0 Å². The van der Waals surface area contributed by atoms with Crippen LogP contribution < -0.4 is 5.32 Å². The number of benzene rings is 1. The Morgan fingerprint density at radius 2 is 1.68 bits per heavy atom. The number of hydrogen-bond donors (Lipinski definition) is 1. The smallest absolute Gasteiger partial charge is 0.259 e. The average Bonchev–Trinajstić information content (AvgIpc) is 3.41. The normalized spacial score (nSPS) is 14.8. The van der Waals surface area contributed by atoms with E-state index in [0.717, 1.165) is 11.5 Å². The van der Waals surface area contributed by atoms with E-state index in [2.05, 4.69) is 5.32 Å². The van der Waals surface area contributed by atoms with Gasteiger partial charge in [-0.3, -0.25) is 9.59 Å². The third kappa shape index (κ3) is 4.26. The zero-order chi connectivity index (χ0) is 22.0. The summed E-state index contributed by atoms with van der Waals surface area (Å²) in [6.45, 7) is 6.94. The second-order valence-corrected chi connectivity index (χ2v) is 8.35. The van der Waals surface area contributed by atoms with Gasteiger partial charge in [0.05, 0.1) is 11.4 Å². The highest BCUT2D eigenvalue weighted by Crippen LogP contribution is 2.26. The molecule has 7 nitrogen and oxygen atoms in total. The molecule has 1 N–H and O–H groups in total. The van der Waals surface area contributed by atoms with Crippen LogP contribution in [0.1, 0.15) is 42.7 Å². The van der Waals surface area contributed by atoms with E-state index in [1.807, 2.05) is 89.8 Å². The van der Waals surface area contributed by atoms with E-state index in [4.69, 9.17) is 5.10 Å². The largest absolute Gasteiger partial charge is 0.354 e. The Kier molecular flexibility index (Phi) is 5.93. The number of nitrogens with zero attached hydrogens (tertiary/aromatic N) is 4. The van der Waals surface area contributed by atoms with E-state index < -0.39 is 0 Å². The van der Waals surface area contributed by atoms with Crippen LogP contribution in [0.15, 0.2) is 54.9 Å². The molecule has 3 heterocycles. The summed E-state index contributed by atoms with van der Waals surface area (Å²) < 4.78 is 3.76. The summed E-state index contributed by atoms with van der Waals surface area (Å²) >= 11 is 0. The molecule has 0 bridgehead atoms. The lowest BCUT2D eigenvalue weighted by molar-refractivity contribution is -0.126. The zero-order valence-corrected chi connectivity index (χ0v) is 18.3. The van der Waals surface area contributed by atoms with Crippen molar-refractivity contribution in [3.05, 3.63) is 66.1 Å². The molecule has 31 heavy (non-hydrogen) atoms. The number of piperidine rings is 1. The summed E-state index contributed by atoms with van der Waals surface area (Å²) in [5, 5.41) is 7.70. The Bertz CT molecular complexity index is 1050. The quantitative estimate of drug-likeness (QED) is 0.689. The first-order valence-electron chi connectivity index (χ1n) is 10.8. The maximum Gasteiger partial charge on any atom is 0.259 e. The Hall–Kier alpha value is -3.35. The fourth-order valence-corrected chi connectivity index (χ4v) is 4.13. The molecule has 1 aliphatic rings. The molecular formula is C24H29N5O2. The minimum absolute atomic E-state index is 0.0360. The number of aromatic nitrogens is 3. The lowest BCUT2D eigenvalue weighted by Crippen LogP contribution is -2.44. The monoisotopic (exact) mass is 419 g/mol. The van der Waals surface area contributed by atoms with Gasteiger partial charge in [0.15, 0.2) is 5.82 Å². The van der Waals surface area contributed by atoms with Crippen molar-refractivity contribution in [3.8, 4) is 11.5 Å². The van der Waals surface area contributed by atoms with Crippen LogP contribution in [0.5, 0.6) is 0 Å². The van der Waals surface area contributed by atoms with Crippen molar-refractivity contribution in [1.82, 2.24) is 24.6 Å². The number of aryl methyl sites for hydroxylation is 1. The Morgan fingerprint density at radius 3 is 2.29 bits per heavy atom. The minimum Gasteiger partial charge on any atom is -0.354 e. The SMILES string of the molecule is Cc1nn(-c2ccccc2)c(-n2cccc2)c1C(=O)N1CCC(C(=O)NC(C)C)CC1. The van der Waals surface area contributed by atoms with Gasteiger partial charge < -0.3 is 14.8 Å². The highest BCUT2D eigenvalue weighted by Gasteiger charge is 2.32. The zero-order valence-electron chi connectivity index (χ0n) is 18.3. The average molecular weight is 420 g/mol. The van der Waals surface area contributed by atoms with E-state index in [-0.39, 0.29) is 23.8 Å². The number of carbonyl (C=O) groups excluding carboxylic acids is 2. The fraction of sp³-hybridized carbons (Fsp3) is 0.375. The summed E-state index contributed by atoms with van der Waals surface area (Å²) in [5.74, 6) is 0.746. The summed E-state index contributed by atoms with van der Waals surface area (Å²) in [5.41, 5.74) is 2.19. The number of carbonyl (C=O) groups is 2. The van der Waals surface area contributed by atoms with Gasteiger partial charge in [0, 0.05) is 37.4 Å². The molecule has 7 heteroatoms. The Balaban J connectivity index is 1.62. The topological polar surface area (TPSA) is 72.2 Å². The molecule has 1 aliphatic heterocycles. The van der Waals surface area contributed by atoms with Crippen molar-refractivity contribution in [2.45, 2.75) is 39.7 Å². The lowest BCUT2D eigenvalue weighted by atomic mass is 9.95. The number of nitrogens with one attached hydrogen (secondary N) is 1.